The molecule has 0 spiro atoms. The topological polar surface area (TPSA) is 71.1 Å². The van der Waals surface area contributed by atoms with Crippen LogP contribution in [0.5, 0.6) is 0 Å². The number of piperazine rings is 1. The molecular formula is C17H17FN4O. The van der Waals surface area contributed by atoms with Crippen molar-refractivity contribution in [1.82, 2.24) is 9.80 Å². The van der Waals surface area contributed by atoms with E-state index in [0.717, 1.165) is 6.07 Å². The second kappa shape index (κ2) is 7.53. The van der Waals surface area contributed by atoms with Gasteiger partial charge in [0.2, 0.25) is 0 Å². The number of nitriles is 2. The van der Waals surface area contributed by atoms with Crippen molar-refractivity contribution < 1.29 is 9.18 Å². The number of carbonyl (C=O) groups excluding carboxylic acids is 1. The molecule has 0 saturated carbocycles. The molecule has 0 aliphatic carbocycles. The molecule has 1 atom stereocenters. The van der Waals surface area contributed by atoms with Crippen molar-refractivity contribution >= 4 is 5.91 Å². The smallest absolute Gasteiger partial charge is 0.257 e. The Kier molecular flexibility index (Phi) is 5.46. The Morgan fingerprint density at radius 2 is 2.22 bits per heavy atom. The minimum absolute atomic E-state index is 0.00586. The first-order chi connectivity index (χ1) is 11.1. The van der Waals surface area contributed by atoms with Gasteiger partial charge in [-0.15, -0.1) is 0 Å². The van der Waals surface area contributed by atoms with Gasteiger partial charge in [0.05, 0.1) is 23.3 Å². The predicted octanol–water partition coefficient (Wildman–Crippen LogP) is 1.92. The number of hydrogen-bond donors (Lipinski definition) is 0. The fraction of sp³-hybridized carbons (Fsp3) is 0.353. The average Bonchev–Trinajstić information content (AvgIpc) is 2.54. The molecule has 23 heavy (non-hydrogen) atoms. The SMILES string of the molecule is C[C@@H]1CN(CC=CC#N)CCN1C(=O)c1ccc(C#N)cc1F. The molecule has 1 aromatic rings. The highest BCUT2D eigenvalue weighted by atomic mass is 19.1. The van der Waals surface area contributed by atoms with Gasteiger partial charge in [0.1, 0.15) is 5.82 Å². The number of allylic oxidation sites excluding steroid dienone is 1. The Morgan fingerprint density at radius 1 is 1.43 bits per heavy atom. The van der Waals surface area contributed by atoms with E-state index in [1.54, 1.807) is 11.0 Å². The fourth-order valence-corrected chi connectivity index (χ4v) is 2.67. The van der Waals surface area contributed by atoms with Crippen LogP contribution in [0, 0.1) is 28.5 Å². The van der Waals surface area contributed by atoms with Crippen LogP contribution < -0.4 is 0 Å². The summed E-state index contributed by atoms with van der Waals surface area (Å²) in [6, 6.07) is 7.64. The zero-order valence-electron chi connectivity index (χ0n) is 12.9. The van der Waals surface area contributed by atoms with Crippen molar-refractivity contribution in [2.75, 3.05) is 26.2 Å². The van der Waals surface area contributed by atoms with E-state index in [4.69, 9.17) is 10.5 Å². The normalized spacial score (nSPS) is 18.6. The first-order valence-electron chi connectivity index (χ1n) is 7.34. The summed E-state index contributed by atoms with van der Waals surface area (Å²) in [6.45, 7) is 4.41. The maximum Gasteiger partial charge on any atom is 0.257 e. The molecule has 6 heteroatoms. The summed E-state index contributed by atoms with van der Waals surface area (Å²) in [7, 11) is 0. The molecule has 0 radical (unpaired) electrons. The average molecular weight is 312 g/mol. The lowest BCUT2D eigenvalue weighted by Gasteiger charge is -2.39. The number of benzene rings is 1. The Morgan fingerprint density at radius 3 is 2.83 bits per heavy atom. The van der Waals surface area contributed by atoms with Crippen molar-refractivity contribution in [2.24, 2.45) is 0 Å². The van der Waals surface area contributed by atoms with Crippen LogP contribution in [0.15, 0.2) is 30.4 Å². The molecule has 2 rings (SSSR count). The molecule has 1 saturated heterocycles. The van der Waals surface area contributed by atoms with Crippen molar-refractivity contribution in [3.05, 3.63) is 47.3 Å². The van der Waals surface area contributed by atoms with E-state index >= 15 is 0 Å². The molecule has 1 fully saturated rings. The van der Waals surface area contributed by atoms with Gasteiger partial charge in [-0.3, -0.25) is 9.69 Å². The van der Waals surface area contributed by atoms with E-state index < -0.39 is 5.82 Å². The fourth-order valence-electron chi connectivity index (χ4n) is 2.67. The minimum atomic E-state index is -0.666. The summed E-state index contributed by atoms with van der Waals surface area (Å²) in [6.07, 6.45) is 3.22. The van der Waals surface area contributed by atoms with Crippen molar-refractivity contribution in [1.29, 1.82) is 10.5 Å². The molecule has 1 aromatic carbocycles. The van der Waals surface area contributed by atoms with Gasteiger partial charge in [0, 0.05) is 38.3 Å². The highest BCUT2D eigenvalue weighted by Crippen LogP contribution is 2.17. The molecule has 0 bridgehead atoms. The molecule has 1 amide bonds. The number of carbonyl (C=O) groups is 1. The van der Waals surface area contributed by atoms with Crippen molar-refractivity contribution in [3.8, 4) is 12.1 Å². The lowest BCUT2D eigenvalue weighted by molar-refractivity contribution is 0.0506. The Balaban J connectivity index is 2.06. The largest absolute Gasteiger partial charge is 0.333 e. The predicted molar refractivity (Wildman–Crippen MR) is 82.8 cm³/mol. The van der Waals surface area contributed by atoms with E-state index in [1.807, 2.05) is 19.1 Å². The molecule has 0 unspecified atom stereocenters. The van der Waals surface area contributed by atoms with Crippen LogP contribution >= 0.6 is 0 Å². The summed E-state index contributed by atoms with van der Waals surface area (Å²) < 4.78 is 14.0. The van der Waals surface area contributed by atoms with E-state index in [0.29, 0.717) is 26.2 Å². The van der Waals surface area contributed by atoms with E-state index in [-0.39, 0.29) is 23.1 Å². The Hall–Kier alpha value is -2.70. The number of rotatable bonds is 3. The van der Waals surface area contributed by atoms with Crippen LogP contribution in [0.1, 0.15) is 22.8 Å². The summed E-state index contributed by atoms with van der Waals surface area (Å²) >= 11 is 0. The quantitative estimate of drug-likeness (QED) is 0.800. The molecule has 118 valence electrons. The number of amides is 1. The third-order valence-corrected chi connectivity index (χ3v) is 3.86. The maximum atomic E-state index is 14.0. The van der Waals surface area contributed by atoms with E-state index in [1.165, 1.54) is 18.2 Å². The second-order valence-corrected chi connectivity index (χ2v) is 5.45. The van der Waals surface area contributed by atoms with Gasteiger partial charge in [-0.05, 0) is 25.1 Å². The van der Waals surface area contributed by atoms with Gasteiger partial charge >= 0.3 is 0 Å². The molecule has 1 aliphatic heterocycles. The molecule has 0 N–H and O–H groups in total. The molecule has 1 aliphatic rings. The number of nitrogens with zero attached hydrogens (tertiary/aromatic N) is 4. The highest BCUT2D eigenvalue weighted by Gasteiger charge is 2.29. The second-order valence-electron chi connectivity index (χ2n) is 5.45. The summed E-state index contributed by atoms with van der Waals surface area (Å²) in [5, 5.41) is 17.2. The van der Waals surface area contributed by atoms with Gasteiger partial charge < -0.3 is 4.90 Å². The van der Waals surface area contributed by atoms with E-state index in [2.05, 4.69) is 4.90 Å². The van der Waals surface area contributed by atoms with Gasteiger partial charge in [-0.1, -0.05) is 6.08 Å². The standard InChI is InChI=1S/C17H17FN4O/c1-13-12-21(7-3-2-6-19)8-9-22(13)17(23)15-5-4-14(11-20)10-16(15)18/h2-5,10,13H,7-9,12H2,1H3/t13-/m1/s1. The van der Waals surface area contributed by atoms with Crippen molar-refractivity contribution in [3.63, 3.8) is 0 Å². The van der Waals surface area contributed by atoms with Gasteiger partial charge in [-0.25, -0.2) is 4.39 Å². The summed E-state index contributed by atoms with van der Waals surface area (Å²) in [4.78, 5) is 16.3. The van der Waals surface area contributed by atoms with Gasteiger partial charge in [0.25, 0.3) is 5.91 Å². The summed E-state index contributed by atoms with van der Waals surface area (Å²) in [5.41, 5.74) is 0.190. The maximum absolute atomic E-state index is 14.0. The third kappa shape index (κ3) is 3.94. The van der Waals surface area contributed by atoms with Crippen LogP contribution in [-0.4, -0.2) is 47.9 Å². The van der Waals surface area contributed by atoms with Crippen molar-refractivity contribution in [2.45, 2.75) is 13.0 Å². The Labute approximate surface area is 134 Å². The number of halogens is 1. The molecule has 1 heterocycles. The molecule has 5 nitrogen and oxygen atoms in total. The Bertz CT molecular complexity index is 702. The first kappa shape index (κ1) is 16.7. The van der Waals surface area contributed by atoms with Gasteiger partial charge in [0.15, 0.2) is 0 Å². The van der Waals surface area contributed by atoms with Gasteiger partial charge in [-0.2, -0.15) is 10.5 Å². The molecular weight excluding hydrogens is 295 g/mol. The third-order valence-electron chi connectivity index (χ3n) is 3.86. The van der Waals surface area contributed by atoms with Crippen LogP contribution in [0.4, 0.5) is 4.39 Å². The van der Waals surface area contributed by atoms with E-state index in [9.17, 15) is 9.18 Å². The lowest BCUT2D eigenvalue weighted by atomic mass is 10.1. The summed E-state index contributed by atoms with van der Waals surface area (Å²) in [5.74, 6) is -1.02. The zero-order chi connectivity index (χ0) is 16.8. The highest BCUT2D eigenvalue weighted by molar-refractivity contribution is 5.95. The van der Waals surface area contributed by atoms with Crippen LogP contribution in [-0.2, 0) is 0 Å². The van der Waals surface area contributed by atoms with Crippen LogP contribution in [0.25, 0.3) is 0 Å². The minimum Gasteiger partial charge on any atom is -0.333 e. The van der Waals surface area contributed by atoms with Crippen LogP contribution in [0.3, 0.4) is 0 Å². The monoisotopic (exact) mass is 312 g/mol. The zero-order valence-corrected chi connectivity index (χ0v) is 12.9. The lowest BCUT2D eigenvalue weighted by Crippen LogP contribution is -2.54. The van der Waals surface area contributed by atoms with Crippen LogP contribution in [0.2, 0.25) is 0 Å². The first-order valence-corrected chi connectivity index (χ1v) is 7.34. The number of hydrogen-bond acceptors (Lipinski definition) is 4. The molecule has 0 aromatic heterocycles.